The number of nitrogens with one attached hydrogen (secondary N) is 1. The summed E-state index contributed by atoms with van der Waals surface area (Å²) < 4.78 is 49.3. The highest BCUT2D eigenvalue weighted by Crippen LogP contribution is 2.33. The Morgan fingerprint density at radius 1 is 1.17 bits per heavy atom. The third-order valence-electron chi connectivity index (χ3n) is 3.97. The molecular formula is C20H17ClF3N3O3. The maximum atomic E-state index is 12.8. The molecule has 3 rings (SSSR count). The zero-order valence-corrected chi connectivity index (χ0v) is 16.5. The average Bonchev–Trinajstić information content (AvgIpc) is 3.16. The van der Waals surface area contributed by atoms with Crippen molar-refractivity contribution < 1.29 is 27.1 Å². The molecule has 30 heavy (non-hydrogen) atoms. The zero-order chi connectivity index (χ0) is 21.7. The lowest BCUT2D eigenvalue weighted by atomic mass is 10.2. The Kier molecular flexibility index (Phi) is 6.61. The van der Waals surface area contributed by atoms with Crippen molar-refractivity contribution in [2.45, 2.75) is 25.9 Å². The monoisotopic (exact) mass is 439 g/mol. The van der Waals surface area contributed by atoms with Crippen LogP contribution in [-0.2, 0) is 17.4 Å². The van der Waals surface area contributed by atoms with Crippen molar-refractivity contribution in [1.82, 2.24) is 10.2 Å². The van der Waals surface area contributed by atoms with Crippen LogP contribution < -0.4 is 10.1 Å². The molecule has 6 nitrogen and oxygen atoms in total. The van der Waals surface area contributed by atoms with Crippen LogP contribution in [0.2, 0.25) is 5.02 Å². The Morgan fingerprint density at radius 3 is 2.57 bits per heavy atom. The van der Waals surface area contributed by atoms with Gasteiger partial charge in [-0.3, -0.25) is 4.79 Å². The van der Waals surface area contributed by atoms with E-state index >= 15 is 0 Å². The van der Waals surface area contributed by atoms with Crippen LogP contribution >= 0.6 is 11.6 Å². The molecular weight excluding hydrogens is 423 g/mol. The molecule has 10 heteroatoms. The Balaban J connectivity index is 1.58. The number of aromatic nitrogens is 2. The first-order valence-electron chi connectivity index (χ1n) is 8.98. The highest BCUT2D eigenvalue weighted by molar-refractivity contribution is 6.33. The van der Waals surface area contributed by atoms with Crippen LogP contribution in [0.25, 0.3) is 11.5 Å². The number of ether oxygens (including phenoxy) is 1. The van der Waals surface area contributed by atoms with Gasteiger partial charge in [0.2, 0.25) is 11.8 Å². The van der Waals surface area contributed by atoms with Crippen molar-refractivity contribution in [2.24, 2.45) is 0 Å². The van der Waals surface area contributed by atoms with Gasteiger partial charge in [-0.2, -0.15) is 13.2 Å². The maximum Gasteiger partial charge on any atom is 0.416 e. The van der Waals surface area contributed by atoms with Gasteiger partial charge in [0.25, 0.3) is 5.91 Å². The number of anilines is 1. The second-order valence-corrected chi connectivity index (χ2v) is 6.71. The summed E-state index contributed by atoms with van der Waals surface area (Å²) in [7, 11) is 0. The molecule has 0 aliphatic carbocycles. The molecule has 1 aromatic heterocycles. The van der Waals surface area contributed by atoms with E-state index in [-0.39, 0.29) is 10.7 Å². The number of hydrogen-bond acceptors (Lipinski definition) is 5. The zero-order valence-electron chi connectivity index (χ0n) is 15.8. The lowest BCUT2D eigenvalue weighted by Crippen LogP contribution is -2.20. The first-order chi connectivity index (χ1) is 14.3. The van der Waals surface area contributed by atoms with Gasteiger partial charge in [0.05, 0.1) is 16.3 Å². The highest BCUT2D eigenvalue weighted by Gasteiger charge is 2.31. The van der Waals surface area contributed by atoms with Crippen LogP contribution in [0.5, 0.6) is 5.75 Å². The minimum Gasteiger partial charge on any atom is -0.484 e. The van der Waals surface area contributed by atoms with Gasteiger partial charge in [-0.15, -0.1) is 10.2 Å². The minimum atomic E-state index is -4.54. The van der Waals surface area contributed by atoms with Gasteiger partial charge in [0.15, 0.2) is 6.61 Å². The van der Waals surface area contributed by atoms with Crippen LogP contribution in [0, 0.1) is 0 Å². The smallest absolute Gasteiger partial charge is 0.416 e. The van der Waals surface area contributed by atoms with Crippen LogP contribution in [0.15, 0.2) is 46.9 Å². The molecule has 1 N–H and O–H groups in total. The van der Waals surface area contributed by atoms with Crippen molar-refractivity contribution in [3.63, 3.8) is 0 Å². The molecule has 0 spiro atoms. The summed E-state index contributed by atoms with van der Waals surface area (Å²) in [5.74, 6) is 0.665. The summed E-state index contributed by atoms with van der Waals surface area (Å²) in [5.41, 5.74) is -0.367. The number of amides is 1. The number of aryl methyl sites for hydroxylation is 1. The van der Waals surface area contributed by atoms with E-state index in [0.717, 1.165) is 24.6 Å². The molecule has 0 atom stereocenters. The van der Waals surface area contributed by atoms with Crippen LogP contribution in [0.4, 0.5) is 18.9 Å². The molecule has 0 aliphatic rings. The Morgan fingerprint density at radius 2 is 1.90 bits per heavy atom. The normalized spacial score (nSPS) is 11.4. The number of carbonyl (C=O) groups excluding carboxylic acids is 1. The molecule has 3 aromatic rings. The van der Waals surface area contributed by atoms with Gasteiger partial charge in [-0.05, 0) is 48.9 Å². The Bertz CT molecular complexity index is 1020. The van der Waals surface area contributed by atoms with E-state index < -0.39 is 24.3 Å². The molecule has 0 unspecified atom stereocenters. The van der Waals surface area contributed by atoms with Gasteiger partial charge in [-0.25, -0.2) is 0 Å². The molecule has 0 saturated heterocycles. The van der Waals surface area contributed by atoms with E-state index in [1.807, 2.05) is 6.92 Å². The molecule has 1 amide bonds. The molecule has 0 aliphatic heterocycles. The van der Waals surface area contributed by atoms with Crippen molar-refractivity contribution >= 4 is 23.2 Å². The maximum absolute atomic E-state index is 12.8. The third kappa shape index (κ3) is 5.50. The number of alkyl halides is 3. The van der Waals surface area contributed by atoms with E-state index in [1.54, 1.807) is 24.3 Å². The molecule has 1 heterocycles. The Hall–Kier alpha value is -3.07. The number of hydrogen-bond donors (Lipinski definition) is 1. The first kappa shape index (κ1) is 21.6. The summed E-state index contributed by atoms with van der Waals surface area (Å²) in [6.07, 6.45) is -2.96. The number of benzene rings is 2. The lowest BCUT2D eigenvalue weighted by molar-refractivity contribution is -0.137. The fourth-order valence-corrected chi connectivity index (χ4v) is 2.68. The summed E-state index contributed by atoms with van der Waals surface area (Å²) >= 11 is 5.86. The van der Waals surface area contributed by atoms with Gasteiger partial charge < -0.3 is 14.5 Å². The third-order valence-corrected chi connectivity index (χ3v) is 4.30. The van der Waals surface area contributed by atoms with Crippen LogP contribution in [-0.4, -0.2) is 22.7 Å². The molecule has 158 valence electrons. The molecule has 0 bridgehead atoms. The van der Waals surface area contributed by atoms with Crippen LogP contribution in [0.1, 0.15) is 24.8 Å². The summed E-state index contributed by atoms with van der Waals surface area (Å²) in [4.78, 5) is 12.0. The van der Waals surface area contributed by atoms with Gasteiger partial charge >= 0.3 is 6.18 Å². The van der Waals surface area contributed by atoms with E-state index in [4.69, 9.17) is 20.8 Å². The number of rotatable bonds is 7. The van der Waals surface area contributed by atoms with E-state index in [2.05, 4.69) is 15.5 Å². The average molecular weight is 440 g/mol. The molecule has 0 saturated carbocycles. The van der Waals surface area contributed by atoms with Crippen molar-refractivity contribution in [3.8, 4) is 17.2 Å². The molecule has 0 fully saturated rings. The van der Waals surface area contributed by atoms with Crippen molar-refractivity contribution in [3.05, 3.63) is 58.9 Å². The highest BCUT2D eigenvalue weighted by atomic mass is 35.5. The standard InChI is InChI=1S/C20H17ClF3N3O3/c1-2-3-18-26-27-19(30-18)12-4-7-14(8-5-12)29-11-17(28)25-16-10-13(20(22,23)24)6-9-15(16)21/h4-10H,2-3,11H2,1H3,(H,25,28). The second-order valence-electron chi connectivity index (χ2n) is 6.30. The van der Waals surface area contributed by atoms with Gasteiger partial charge in [0, 0.05) is 12.0 Å². The van der Waals surface area contributed by atoms with E-state index in [9.17, 15) is 18.0 Å². The first-order valence-corrected chi connectivity index (χ1v) is 9.36. The predicted molar refractivity (Wildman–Crippen MR) is 104 cm³/mol. The number of halogens is 4. The van der Waals surface area contributed by atoms with E-state index in [1.165, 1.54) is 0 Å². The van der Waals surface area contributed by atoms with E-state index in [0.29, 0.717) is 29.5 Å². The fourth-order valence-electron chi connectivity index (χ4n) is 2.51. The van der Waals surface area contributed by atoms with Crippen LogP contribution in [0.3, 0.4) is 0 Å². The molecule has 2 aromatic carbocycles. The van der Waals surface area contributed by atoms with Gasteiger partial charge in [0.1, 0.15) is 5.75 Å². The second kappa shape index (κ2) is 9.17. The topological polar surface area (TPSA) is 77.2 Å². The largest absolute Gasteiger partial charge is 0.484 e. The predicted octanol–water partition coefficient (Wildman–Crippen LogP) is 5.38. The SMILES string of the molecule is CCCc1nnc(-c2ccc(OCC(=O)Nc3cc(C(F)(F)F)ccc3Cl)cc2)o1. The summed E-state index contributed by atoms with van der Waals surface area (Å²) in [6.45, 7) is 1.60. The summed E-state index contributed by atoms with van der Waals surface area (Å²) in [5, 5.41) is 10.2. The summed E-state index contributed by atoms with van der Waals surface area (Å²) in [6, 6.07) is 9.30. The fraction of sp³-hybridized carbons (Fsp3) is 0.250. The Labute approximate surface area is 175 Å². The van der Waals surface area contributed by atoms with Gasteiger partial charge in [-0.1, -0.05) is 18.5 Å². The quantitative estimate of drug-likeness (QED) is 0.535. The molecule has 0 radical (unpaired) electrons. The lowest BCUT2D eigenvalue weighted by Gasteiger charge is -2.12. The number of nitrogens with zero attached hydrogens (tertiary/aromatic N) is 2. The minimum absolute atomic E-state index is 0.0114. The van der Waals surface area contributed by atoms with Crippen molar-refractivity contribution in [2.75, 3.05) is 11.9 Å². The number of carbonyl (C=O) groups is 1. The van der Waals surface area contributed by atoms with Crippen molar-refractivity contribution in [1.29, 1.82) is 0 Å².